The van der Waals surface area contributed by atoms with Gasteiger partial charge in [-0.3, -0.25) is 14.2 Å². The van der Waals surface area contributed by atoms with E-state index in [1.54, 1.807) is 15.5 Å². The van der Waals surface area contributed by atoms with Gasteiger partial charge in [0, 0.05) is 24.1 Å². The average molecular weight is 426 g/mol. The number of thioether (sulfide) groups is 1. The molecule has 1 aromatic heterocycles. The van der Waals surface area contributed by atoms with Crippen molar-refractivity contribution in [1.82, 2.24) is 14.5 Å². The molecule has 6 nitrogen and oxygen atoms in total. The first-order chi connectivity index (χ1) is 12.1. The average Bonchev–Trinajstić information content (AvgIpc) is 2.63. The van der Waals surface area contributed by atoms with Gasteiger partial charge in [-0.25, -0.2) is 4.98 Å². The largest absolute Gasteiger partial charge is 0.378 e. The van der Waals surface area contributed by atoms with E-state index in [1.165, 1.54) is 11.8 Å². The van der Waals surface area contributed by atoms with E-state index in [9.17, 15) is 9.59 Å². The zero-order valence-corrected chi connectivity index (χ0v) is 16.4. The van der Waals surface area contributed by atoms with Crippen LogP contribution in [0.4, 0.5) is 0 Å². The van der Waals surface area contributed by atoms with E-state index in [1.807, 2.05) is 19.1 Å². The Kier molecular flexibility index (Phi) is 6.14. The molecule has 2 aromatic rings. The first kappa shape index (κ1) is 18.4. The second kappa shape index (κ2) is 8.33. The maximum Gasteiger partial charge on any atom is 0.262 e. The van der Waals surface area contributed by atoms with Gasteiger partial charge in [0.15, 0.2) is 5.16 Å². The molecule has 0 spiro atoms. The highest BCUT2D eigenvalue weighted by molar-refractivity contribution is 9.10. The number of rotatable bonds is 5. The molecular weight excluding hydrogens is 406 g/mol. The molecule has 1 fully saturated rings. The molecule has 8 heteroatoms. The second-order valence-electron chi connectivity index (χ2n) is 5.79. The number of morpholine rings is 1. The predicted molar refractivity (Wildman–Crippen MR) is 102 cm³/mol. The van der Waals surface area contributed by atoms with Gasteiger partial charge < -0.3 is 9.64 Å². The number of amides is 1. The summed E-state index contributed by atoms with van der Waals surface area (Å²) in [4.78, 5) is 31.6. The summed E-state index contributed by atoms with van der Waals surface area (Å²) in [5.41, 5.74) is 0.594. The van der Waals surface area contributed by atoms with E-state index in [4.69, 9.17) is 4.74 Å². The number of carbonyl (C=O) groups excluding carboxylic acids is 1. The fraction of sp³-hybridized carbons (Fsp3) is 0.471. The van der Waals surface area contributed by atoms with Gasteiger partial charge in [-0.15, -0.1) is 0 Å². The Morgan fingerprint density at radius 3 is 2.84 bits per heavy atom. The molecule has 1 aromatic carbocycles. The van der Waals surface area contributed by atoms with Crippen molar-refractivity contribution < 1.29 is 9.53 Å². The molecule has 0 unspecified atom stereocenters. The van der Waals surface area contributed by atoms with Gasteiger partial charge in [0.1, 0.15) is 0 Å². The monoisotopic (exact) mass is 425 g/mol. The van der Waals surface area contributed by atoms with Gasteiger partial charge in [-0.2, -0.15) is 0 Å². The maximum absolute atomic E-state index is 12.8. The first-order valence-electron chi connectivity index (χ1n) is 8.28. The summed E-state index contributed by atoms with van der Waals surface area (Å²) in [7, 11) is 0. The Labute approximate surface area is 158 Å². The number of aromatic nitrogens is 2. The van der Waals surface area contributed by atoms with E-state index in [0.29, 0.717) is 48.9 Å². The molecule has 2 heterocycles. The number of carbonyl (C=O) groups is 1. The molecule has 0 saturated carbocycles. The van der Waals surface area contributed by atoms with Crippen LogP contribution in [0.2, 0.25) is 0 Å². The molecule has 0 radical (unpaired) electrons. The van der Waals surface area contributed by atoms with Crippen molar-refractivity contribution in [3.05, 3.63) is 33.0 Å². The lowest BCUT2D eigenvalue weighted by Gasteiger charge is -2.26. The number of hydrogen-bond acceptors (Lipinski definition) is 5. The summed E-state index contributed by atoms with van der Waals surface area (Å²) >= 11 is 4.73. The highest BCUT2D eigenvalue weighted by atomic mass is 79.9. The molecular formula is C17H20BrN3O3S. The third kappa shape index (κ3) is 4.24. The molecule has 3 rings (SSSR count). The number of fused-ring (bicyclic) bond motifs is 1. The van der Waals surface area contributed by atoms with Crippen molar-refractivity contribution in [2.75, 3.05) is 32.1 Å². The summed E-state index contributed by atoms with van der Waals surface area (Å²) in [6.07, 6.45) is 0.825. The van der Waals surface area contributed by atoms with E-state index >= 15 is 0 Å². The lowest BCUT2D eigenvalue weighted by molar-refractivity contribution is -0.132. The third-order valence-corrected chi connectivity index (χ3v) is 5.47. The summed E-state index contributed by atoms with van der Waals surface area (Å²) in [6, 6.07) is 5.49. The zero-order chi connectivity index (χ0) is 17.8. The maximum atomic E-state index is 12.8. The molecule has 0 aliphatic carbocycles. The van der Waals surface area contributed by atoms with Crippen molar-refractivity contribution in [3.8, 4) is 0 Å². The van der Waals surface area contributed by atoms with Crippen LogP contribution in [0.25, 0.3) is 10.9 Å². The number of benzene rings is 1. The van der Waals surface area contributed by atoms with E-state index in [2.05, 4.69) is 20.9 Å². The Morgan fingerprint density at radius 1 is 1.36 bits per heavy atom. The molecule has 1 aliphatic rings. The number of halogens is 1. The van der Waals surface area contributed by atoms with Crippen LogP contribution in [0, 0.1) is 0 Å². The highest BCUT2D eigenvalue weighted by Gasteiger charge is 2.19. The minimum absolute atomic E-state index is 0.0569. The topological polar surface area (TPSA) is 64.4 Å². The quantitative estimate of drug-likeness (QED) is 0.543. The highest BCUT2D eigenvalue weighted by Crippen LogP contribution is 2.21. The minimum Gasteiger partial charge on any atom is -0.378 e. The van der Waals surface area contributed by atoms with Crippen LogP contribution in [0.1, 0.15) is 13.3 Å². The van der Waals surface area contributed by atoms with Gasteiger partial charge in [-0.1, -0.05) is 34.6 Å². The molecule has 0 atom stereocenters. The van der Waals surface area contributed by atoms with Gasteiger partial charge in [0.25, 0.3) is 5.56 Å². The van der Waals surface area contributed by atoms with E-state index in [0.717, 1.165) is 10.9 Å². The molecule has 0 bridgehead atoms. The molecule has 1 aliphatic heterocycles. The van der Waals surface area contributed by atoms with Crippen LogP contribution in [0.15, 0.2) is 32.6 Å². The van der Waals surface area contributed by atoms with Crippen molar-refractivity contribution in [2.45, 2.75) is 25.0 Å². The van der Waals surface area contributed by atoms with Crippen LogP contribution < -0.4 is 5.56 Å². The number of nitrogens with zero attached hydrogens (tertiary/aromatic N) is 3. The molecule has 1 amide bonds. The SMILES string of the molecule is CCCn1c(SCC(=O)N2CCOCC2)nc2ccc(Br)cc2c1=O. The fourth-order valence-corrected chi connectivity index (χ4v) is 4.02. The van der Waals surface area contributed by atoms with Crippen molar-refractivity contribution in [3.63, 3.8) is 0 Å². The summed E-state index contributed by atoms with van der Waals surface area (Å²) in [6.45, 7) is 5.02. The standard InChI is InChI=1S/C17H20BrN3O3S/c1-2-5-21-16(23)13-10-12(18)3-4-14(13)19-17(21)25-11-15(22)20-6-8-24-9-7-20/h3-4,10H,2,5-9,11H2,1H3. The molecule has 134 valence electrons. The predicted octanol–water partition coefficient (Wildman–Crippen LogP) is 2.52. The Bertz CT molecular complexity index is 834. The minimum atomic E-state index is -0.0607. The van der Waals surface area contributed by atoms with Crippen LogP contribution >= 0.6 is 27.7 Å². The normalized spacial score (nSPS) is 14.9. The van der Waals surface area contributed by atoms with Gasteiger partial charge >= 0.3 is 0 Å². The van der Waals surface area contributed by atoms with Crippen LogP contribution in [-0.2, 0) is 16.1 Å². The second-order valence-corrected chi connectivity index (χ2v) is 7.65. The fourth-order valence-electron chi connectivity index (χ4n) is 2.73. The molecule has 1 saturated heterocycles. The van der Waals surface area contributed by atoms with Crippen LogP contribution in [-0.4, -0.2) is 52.4 Å². The van der Waals surface area contributed by atoms with Crippen LogP contribution in [0.3, 0.4) is 0 Å². The van der Waals surface area contributed by atoms with Crippen molar-refractivity contribution in [1.29, 1.82) is 0 Å². The van der Waals surface area contributed by atoms with Crippen molar-refractivity contribution in [2.24, 2.45) is 0 Å². The lowest BCUT2D eigenvalue weighted by atomic mass is 10.2. The van der Waals surface area contributed by atoms with E-state index in [-0.39, 0.29) is 17.2 Å². The third-order valence-electron chi connectivity index (χ3n) is 4.02. The summed E-state index contributed by atoms with van der Waals surface area (Å²) in [5, 5.41) is 1.19. The summed E-state index contributed by atoms with van der Waals surface area (Å²) in [5.74, 6) is 0.333. The number of ether oxygens (including phenoxy) is 1. The van der Waals surface area contributed by atoms with Gasteiger partial charge in [0.2, 0.25) is 5.91 Å². The molecule has 25 heavy (non-hydrogen) atoms. The Morgan fingerprint density at radius 2 is 2.12 bits per heavy atom. The number of hydrogen-bond donors (Lipinski definition) is 0. The lowest BCUT2D eigenvalue weighted by Crippen LogP contribution is -2.41. The van der Waals surface area contributed by atoms with Crippen molar-refractivity contribution >= 4 is 44.5 Å². The summed E-state index contributed by atoms with van der Waals surface area (Å²) < 4.78 is 7.80. The van der Waals surface area contributed by atoms with Crippen LogP contribution in [0.5, 0.6) is 0 Å². The first-order valence-corrected chi connectivity index (χ1v) is 10.1. The zero-order valence-electron chi connectivity index (χ0n) is 14.0. The Hall–Kier alpha value is -1.38. The Balaban J connectivity index is 1.86. The van der Waals surface area contributed by atoms with Gasteiger partial charge in [0.05, 0.1) is 29.9 Å². The smallest absolute Gasteiger partial charge is 0.262 e. The molecule has 0 N–H and O–H groups in total. The van der Waals surface area contributed by atoms with Gasteiger partial charge in [-0.05, 0) is 24.6 Å². The van der Waals surface area contributed by atoms with E-state index < -0.39 is 0 Å².